The maximum absolute atomic E-state index is 6.20. The summed E-state index contributed by atoms with van der Waals surface area (Å²) in [5.74, 6) is 1.46. The lowest BCUT2D eigenvalue weighted by atomic mass is 9.90. The Kier molecular flexibility index (Phi) is 1.99. The molecule has 1 heterocycles. The SMILES string of the molecule is CC1COc2cc3c(cc2C1N)CCC3. The van der Waals surface area contributed by atoms with Gasteiger partial charge in [-0.25, -0.2) is 0 Å². The average Bonchev–Trinajstić information content (AvgIpc) is 2.68. The van der Waals surface area contributed by atoms with Crippen LogP contribution in [-0.4, -0.2) is 6.61 Å². The molecule has 0 saturated heterocycles. The second-order valence-electron chi connectivity index (χ2n) is 4.83. The third-order valence-corrected chi connectivity index (χ3v) is 3.70. The number of ether oxygens (including phenoxy) is 1. The topological polar surface area (TPSA) is 35.2 Å². The van der Waals surface area contributed by atoms with Crippen molar-refractivity contribution in [3.8, 4) is 5.75 Å². The zero-order chi connectivity index (χ0) is 10.4. The quantitative estimate of drug-likeness (QED) is 0.701. The molecule has 1 aromatic rings. The summed E-state index contributed by atoms with van der Waals surface area (Å²) in [5.41, 5.74) is 10.4. The van der Waals surface area contributed by atoms with E-state index in [2.05, 4.69) is 19.1 Å². The van der Waals surface area contributed by atoms with Gasteiger partial charge in [-0.15, -0.1) is 0 Å². The summed E-state index contributed by atoms with van der Waals surface area (Å²) in [6.07, 6.45) is 3.70. The van der Waals surface area contributed by atoms with Gasteiger partial charge in [0.2, 0.25) is 0 Å². The molecule has 3 rings (SSSR count). The van der Waals surface area contributed by atoms with E-state index in [1.807, 2.05) is 0 Å². The van der Waals surface area contributed by atoms with Crippen molar-refractivity contribution in [2.45, 2.75) is 32.2 Å². The number of fused-ring (bicyclic) bond motifs is 2. The van der Waals surface area contributed by atoms with Gasteiger partial charge in [0.15, 0.2) is 0 Å². The van der Waals surface area contributed by atoms with Gasteiger partial charge in [-0.05, 0) is 36.5 Å². The highest BCUT2D eigenvalue weighted by molar-refractivity contribution is 5.47. The normalized spacial score (nSPS) is 28.1. The molecule has 1 aromatic carbocycles. The van der Waals surface area contributed by atoms with Gasteiger partial charge >= 0.3 is 0 Å². The fourth-order valence-corrected chi connectivity index (χ4v) is 2.64. The molecule has 2 nitrogen and oxygen atoms in total. The third kappa shape index (κ3) is 1.36. The lowest BCUT2D eigenvalue weighted by molar-refractivity contribution is 0.207. The molecule has 1 aliphatic carbocycles. The molecular weight excluding hydrogens is 186 g/mol. The predicted octanol–water partition coefficient (Wildman–Crippen LogP) is 2.20. The van der Waals surface area contributed by atoms with Crippen molar-refractivity contribution in [3.05, 3.63) is 28.8 Å². The number of benzene rings is 1. The van der Waals surface area contributed by atoms with Gasteiger partial charge in [-0.1, -0.05) is 13.0 Å². The van der Waals surface area contributed by atoms with E-state index >= 15 is 0 Å². The summed E-state index contributed by atoms with van der Waals surface area (Å²) in [6.45, 7) is 2.91. The fourth-order valence-electron chi connectivity index (χ4n) is 2.64. The van der Waals surface area contributed by atoms with Crippen LogP contribution in [0.2, 0.25) is 0 Å². The molecule has 2 heteroatoms. The Labute approximate surface area is 90.4 Å². The minimum absolute atomic E-state index is 0.152. The van der Waals surface area contributed by atoms with Gasteiger partial charge in [0.05, 0.1) is 6.61 Å². The van der Waals surface area contributed by atoms with Gasteiger partial charge < -0.3 is 10.5 Å². The summed E-state index contributed by atoms with van der Waals surface area (Å²) in [6, 6.07) is 4.64. The molecule has 80 valence electrons. The standard InChI is InChI=1S/C13H17NO/c1-8-7-15-12-6-10-4-2-3-9(10)5-11(12)13(8)14/h5-6,8,13H,2-4,7,14H2,1H3. The van der Waals surface area contributed by atoms with Gasteiger partial charge in [0.25, 0.3) is 0 Å². The number of hydrogen-bond donors (Lipinski definition) is 1. The second-order valence-corrected chi connectivity index (χ2v) is 4.83. The highest BCUT2D eigenvalue weighted by Crippen LogP contribution is 2.38. The van der Waals surface area contributed by atoms with Crippen LogP contribution in [0, 0.1) is 5.92 Å². The first-order valence-corrected chi connectivity index (χ1v) is 5.80. The van der Waals surface area contributed by atoms with Crippen molar-refractivity contribution >= 4 is 0 Å². The number of aryl methyl sites for hydroxylation is 2. The third-order valence-electron chi connectivity index (χ3n) is 3.70. The molecule has 0 fully saturated rings. The lowest BCUT2D eigenvalue weighted by Crippen LogP contribution is -2.29. The van der Waals surface area contributed by atoms with E-state index in [4.69, 9.17) is 10.5 Å². The largest absolute Gasteiger partial charge is 0.493 e. The zero-order valence-corrected chi connectivity index (χ0v) is 9.12. The van der Waals surface area contributed by atoms with Crippen molar-refractivity contribution in [1.29, 1.82) is 0 Å². The molecule has 0 aromatic heterocycles. The van der Waals surface area contributed by atoms with Crippen molar-refractivity contribution in [2.24, 2.45) is 11.7 Å². The molecule has 0 bridgehead atoms. The van der Waals surface area contributed by atoms with Crippen LogP contribution < -0.4 is 10.5 Å². The minimum atomic E-state index is 0.152. The van der Waals surface area contributed by atoms with E-state index in [-0.39, 0.29) is 6.04 Å². The van der Waals surface area contributed by atoms with Crippen molar-refractivity contribution < 1.29 is 4.74 Å². The van der Waals surface area contributed by atoms with Crippen molar-refractivity contribution in [2.75, 3.05) is 6.61 Å². The van der Waals surface area contributed by atoms with Gasteiger partial charge in [-0.3, -0.25) is 0 Å². The van der Waals surface area contributed by atoms with Crippen LogP contribution in [0.5, 0.6) is 5.75 Å². The highest BCUT2D eigenvalue weighted by Gasteiger charge is 2.26. The highest BCUT2D eigenvalue weighted by atomic mass is 16.5. The molecular formula is C13H17NO. The van der Waals surface area contributed by atoms with Crippen LogP contribution in [0.3, 0.4) is 0 Å². The van der Waals surface area contributed by atoms with Gasteiger partial charge in [0.1, 0.15) is 5.75 Å². The first-order chi connectivity index (χ1) is 7.25. The van der Waals surface area contributed by atoms with Crippen LogP contribution in [0.15, 0.2) is 12.1 Å². The number of nitrogens with two attached hydrogens (primary N) is 1. The van der Waals surface area contributed by atoms with E-state index in [1.165, 1.54) is 36.0 Å². The molecule has 2 aliphatic rings. The Morgan fingerprint density at radius 2 is 2.00 bits per heavy atom. The average molecular weight is 203 g/mol. The summed E-state index contributed by atoms with van der Waals surface area (Å²) in [5, 5.41) is 0. The maximum atomic E-state index is 6.20. The van der Waals surface area contributed by atoms with Gasteiger partial charge in [0, 0.05) is 17.5 Å². The first-order valence-electron chi connectivity index (χ1n) is 5.80. The van der Waals surface area contributed by atoms with E-state index in [9.17, 15) is 0 Å². The molecule has 15 heavy (non-hydrogen) atoms. The van der Waals surface area contributed by atoms with Crippen LogP contribution in [0.1, 0.15) is 36.1 Å². The first kappa shape index (κ1) is 9.22. The molecule has 2 atom stereocenters. The Morgan fingerprint density at radius 1 is 1.27 bits per heavy atom. The van der Waals surface area contributed by atoms with Crippen LogP contribution in [0.25, 0.3) is 0 Å². The van der Waals surface area contributed by atoms with Crippen LogP contribution in [0.4, 0.5) is 0 Å². The zero-order valence-electron chi connectivity index (χ0n) is 9.12. The molecule has 0 radical (unpaired) electrons. The predicted molar refractivity (Wildman–Crippen MR) is 60.1 cm³/mol. The van der Waals surface area contributed by atoms with Crippen LogP contribution in [-0.2, 0) is 12.8 Å². The van der Waals surface area contributed by atoms with Crippen molar-refractivity contribution in [3.63, 3.8) is 0 Å². The molecule has 0 amide bonds. The molecule has 2 unspecified atom stereocenters. The monoisotopic (exact) mass is 203 g/mol. The van der Waals surface area contributed by atoms with E-state index in [0.29, 0.717) is 5.92 Å². The second kappa shape index (κ2) is 3.24. The minimum Gasteiger partial charge on any atom is -0.493 e. The van der Waals surface area contributed by atoms with E-state index in [1.54, 1.807) is 0 Å². The summed E-state index contributed by atoms with van der Waals surface area (Å²) < 4.78 is 5.75. The molecule has 2 N–H and O–H groups in total. The Hall–Kier alpha value is -1.02. The smallest absolute Gasteiger partial charge is 0.124 e. The Bertz CT molecular complexity index is 400. The number of rotatable bonds is 0. The Morgan fingerprint density at radius 3 is 2.80 bits per heavy atom. The van der Waals surface area contributed by atoms with Gasteiger partial charge in [-0.2, -0.15) is 0 Å². The van der Waals surface area contributed by atoms with Crippen LogP contribution >= 0.6 is 0 Å². The summed E-state index contributed by atoms with van der Waals surface area (Å²) >= 11 is 0. The molecule has 0 spiro atoms. The molecule has 1 aliphatic heterocycles. The maximum Gasteiger partial charge on any atom is 0.124 e. The summed E-state index contributed by atoms with van der Waals surface area (Å²) in [7, 11) is 0. The Balaban J connectivity index is 2.10. The molecule has 0 saturated carbocycles. The number of hydrogen-bond acceptors (Lipinski definition) is 2. The summed E-state index contributed by atoms with van der Waals surface area (Å²) in [4.78, 5) is 0. The fraction of sp³-hybridized carbons (Fsp3) is 0.538. The lowest BCUT2D eigenvalue weighted by Gasteiger charge is -2.29. The van der Waals surface area contributed by atoms with Crippen molar-refractivity contribution in [1.82, 2.24) is 0 Å². The van der Waals surface area contributed by atoms with E-state index < -0.39 is 0 Å². The van der Waals surface area contributed by atoms with E-state index in [0.717, 1.165) is 12.4 Å².